The average molecular weight is 207 g/mol. The summed E-state index contributed by atoms with van der Waals surface area (Å²) in [7, 11) is 2.40. The van der Waals surface area contributed by atoms with Gasteiger partial charge < -0.3 is 0 Å². The molecule has 4 atom stereocenters. The summed E-state index contributed by atoms with van der Waals surface area (Å²) in [5, 5.41) is 0. The highest BCUT2D eigenvalue weighted by atomic mass is 15.3. The van der Waals surface area contributed by atoms with E-state index in [0.717, 1.165) is 17.9 Å². The summed E-state index contributed by atoms with van der Waals surface area (Å²) in [6, 6.07) is 0.970. The van der Waals surface area contributed by atoms with Gasteiger partial charge in [-0.1, -0.05) is 27.2 Å². The second-order valence-corrected chi connectivity index (χ2v) is 7.42. The number of rotatable bonds is 1. The molecule has 1 saturated heterocycles. The lowest BCUT2D eigenvalue weighted by Crippen LogP contribution is -2.48. The predicted octanol–water partition coefficient (Wildman–Crippen LogP) is 3.30. The average Bonchev–Trinajstić information content (AvgIpc) is 2.71. The maximum absolute atomic E-state index is 2.78. The third-order valence-corrected chi connectivity index (χ3v) is 5.17. The second kappa shape index (κ2) is 2.80. The molecule has 0 amide bonds. The minimum absolute atomic E-state index is 0.494. The van der Waals surface area contributed by atoms with Crippen LogP contribution in [-0.4, -0.2) is 23.5 Å². The lowest BCUT2D eigenvalue weighted by Gasteiger charge is -2.43. The molecule has 0 aromatic carbocycles. The second-order valence-electron chi connectivity index (χ2n) is 7.42. The van der Waals surface area contributed by atoms with E-state index in [4.69, 9.17) is 0 Å². The fourth-order valence-corrected chi connectivity index (χ4v) is 4.80. The first-order valence-electron chi connectivity index (χ1n) is 6.67. The monoisotopic (exact) mass is 207 g/mol. The van der Waals surface area contributed by atoms with Crippen LogP contribution in [0.3, 0.4) is 0 Å². The van der Waals surface area contributed by atoms with Gasteiger partial charge in [0.1, 0.15) is 0 Å². The van der Waals surface area contributed by atoms with Gasteiger partial charge in [0.15, 0.2) is 0 Å². The molecule has 15 heavy (non-hydrogen) atoms. The van der Waals surface area contributed by atoms with Crippen LogP contribution in [0.2, 0.25) is 0 Å². The van der Waals surface area contributed by atoms with E-state index >= 15 is 0 Å². The van der Waals surface area contributed by atoms with Crippen molar-refractivity contribution in [1.29, 1.82) is 0 Å². The Morgan fingerprint density at radius 3 is 2.73 bits per heavy atom. The van der Waals surface area contributed by atoms with Gasteiger partial charge in [0, 0.05) is 11.6 Å². The Bertz CT molecular complexity index is 278. The van der Waals surface area contributed by atoms with Crippen LogP contribution in [0.25, 0.3) is 0 Å². The van der Waals surface area contributed by atoms with E-state index in [2.05, 4.69) is 32.7 Å². The molecule has 0 N–H and O–H groups in total. The molecule has 1 aliphatic heterocycles. The van der Waals surface area contributed by atoms with Crippen molar-refractivity contribution in [1.82, 2.24) is 4.90 Å². The third-order valence-electron chi connectivity index (χ3n) is 5.17. The van der Waals surface area contributed by atoms with Gasteiger partial charge in [-0.25, -0.2) is 0 Å². The fraction of sp³-hybridized carbons (Fsp3) is 1.00. The Morgan fingerprint density at radius 2 is 2.07 bits per heavy atom. The number of piperidine rings is 1. The van der Waals surface area contributed by atoms with E-state index in [-0.39, 0.29) is 0 Å². The van der Waals surface area contributed by atoms with Crippen LogP contribution in [0, 0.1) is 17.3 Å². The topological polar surface area (TPSA) is 3.24 Å². The van der Waals surface area contributed by atoms with Crippen LogP contribution < -0.4 is 0 Å². The molecule has 0 radical (unpaired) electrons. The van der Waals surface area contributed by atoms with Crippen molar-refractivity contribution in [3.05, 3.63) is 0 Å². The lowest BCUT2D eigenvalue weighted by molar-refractivity contribution is 0.0657. The van der Waals surface area contributed by atoms with Crippen LogP contribution in [0.5, 0.6) is 0 Å². The molecule has 4 unspecified atom stereocenters. The van der Waals surface area contributed by atoms with Crippen LogP contribution in [0.1, 0.15) is 52.9 Å². The summed E-state index contributed by atoms with van der Waals surface area (Å²) in [4.78, 5) is 2.78. The van der Waals surface area contributed by atoms with Crippen LogP contribution >= 0.6 is 0 Å². The first-order chi connectivity index (χ1) is 6.94. The molecule has 0 bridgehead atoms. The van der Waals surface area contributed by atoms with Gasteiger partial charge >= 0.3 is 0 Å². The number of fused-ring (bicyclic) bond motifs is 3. The van der Waals surface area contributed by atoms with E-state index < -0.39 is 0 Å². The zero-order valence-corrected chi connectivity index (χ0v) is 10.7. The molecule has 0 aromatic rings. The Kier molecular flexibility index (Phi) is 1.89. The summed E-state index contributed by atoms with van der Waals surface area (Å²) in [6.45, 7) is 7.23. The van der Waals surface area contributed by atoms with Crippen molar-refractivity contribution in [2.75, 3.05) is 7.05 Å². The summed E-state index contributed by atoms with van der Waals surface area (Å²) in [5.74, 6) is 2.13. The highest BCUT2D eigenvalue weighted by Crippen LogP contribution is 2.64. The van der Waals surface area contributed by atoms with Crippen molar-refractivity contribution in [3.8, 4) is 0 Å². The summed E-state index contributed by atoms with van der Waals surface area (Å²) in [6.07, 6.45) is 7.38. The Balaban J connectivity index is 1.88. The molecule has 3 aliphatic rings. The smallest absolute Gasteiger partial charge is 0.0245 e. The van der Waals surface area contributed by atoms with Crippen molar-refractivity contribution in [2.24, 2.45) is 17.3 Å². The Labute approximate surface area is 94.2 Å². The van der Waals surface area contributed by atoms with Crippen molar-refractivity contribution >= 4 is 0 Å². The third kappa shape index (κ3) is 1.32. The Morgan fingerprint density at radius 1 is 1.33 bits per heavy atom. The van der Waals surface area contributed by atoms with Gasteiger partial charge in [-0.15, -0.1) is 0 Å². The van der Waals surface area contributed by atoms with E-state index in [1.165, 1.54) is 32.1 Å². The van der Waals surface area contributed by atoms with Crippen molar-refractivity contribution in [2.45, 2.75) is 64.5 Å². The first kappa shape index (κ1) is 10.1. The number of hydrogen-bond acceptors (Lipinski definition) is 1. The molecule has 1 heteroatoms. The van der Waals surface area contributed by atoms with Gasteiger partial charge in [-0.05, 0) is 50.0 Å². The van der Waals surface area contributed by atoms with Crippen molar-refractivity contribution in [3.63, 3.8) is 0 Å². The summed E-state index contributed by atoms with van der Waals surface area (Å²) >= 11 is 0. The quantitative estimate of drug-likeness (QED) is 0.638. The minimum Gasteiger partial charge on any atom is -0.297 e. The fourth-order valence-electron chi connectivity index (χ4n) is 4.80. The maximum atomic E-state index is 2.78. The SMILES string of the molecule is CN1C2CC2C2CCCC21CC(C)(C)C. The zero-order valence-electron chi connectivity index (χ0n) is 10.7. The van der Waals surface area contributed by atoms with Crippen LogP contribution in [-0.2, 0) is 0 Å². The highest BCUT2D eigenvalue weighted by molar-refractivity contribution is 5.19. The summed E-state index contributed by atoms with van der Waals surface area (Å²) in [5.41, 5.74) is 1.10. The minimum atomic E-state index is 0.494. The van der Waals surface area contributed by atoms with Crippen molar-refractivity contribution < 1.29 is 0 Å². The van der Waals surface area contributed by atoms with E-state index in [9.17, 15) is 0 Å². The summed E-state index contributed by atoms with van der Waals surface area (Å²) < 4.78 is 0. The van der Waals surface area contributed by atoms with E-state index in [1.807, 2.05) is 0 Å². The zero-order chi connectivity index (χ0) is 10.8. The molecule has 3 fully saturated rings. The van der Waals surface area contributed by atoms with E-state index in [0.29, 0.717) is 11.0 Å². The molecule has 1 heterocycles. The molecular weight excluding hydrogens is 182 g/mol. The molecule has 3 rings (SSSR count). The van der Waals surface area contributed by atoms with Gasteiger partial charge in [-0.2, -0.15) is 0 Å². The van der Waals surface area contributed by atoms with E-state index in [1.54, 1.807) is 0 Å². The van der Waals surface area contributed by atoms with Crippen LogP contribution in [0.4, 0.5) is 0 Å². The maximum Gasteiger partial charge on any atom is 0.0245 e. The standard InChI is InChI=1S/C14H25N/c1-13(2,3)9-14-7-5-6-11(14)10-8-12(10)15(14)4/h10-12H,5-9H2,1-4H3. The predicted molar refractivity (Wildman–Crippen MR) is 63.8 cm³/mol. The molecule has 0 aromatic heterocycles. The lowest BCUT2D eigenvalue weighted by atomic mass is 9.73. The van der Waals surface area contributed by atoms with Gasteiger partial charge in [-0.3, -0.25) is 4.90 Å². The Hall–Kier alpha value is -0.0400. The number of nitrogens with zero attached hydrogens (tertiary/aromatic N) is 1. The van der Waals surface area contributed by atoms with Gasteiger partial charge in [0.05, 0.1) is 0 Å². The highest BCUT2D eigenvalue weighted by Gasteiger charge is 2.65. The first-order valence-corrected chi connectivity index (χ1v) is 6.67. The number of hydrogen-bond donors (Lipinski definition) is 0. The molecule has 0 spiro atoms. The van der Waals surface area contributed by atoms with Gasteiger partial charge in [0.2, 0.25) is 0 Å². The largest absolute Gasteiger partial charge is 0.297 e. The molecule has 2 aliphatic carbocycles. The molecular formula is C14H25N. The molecule has 86 valence electrons. The molecule has 2 saturated carbocycles. The van der Waals surface area contributed by atoms with Gasteiger partial charge in [0.25, 0.3) is 0 Å². The number of likely N-dealkylation sites (tertiary alicyclic amines) is 1. The normalized spacial score (nSPS) is 49.2. The van der Waals surface area contributed by atoms with Crippen LogP contribution in [0.15, 0.2) is 0 Å². The molecule has 1 nitrogen and oxygen atoms in total.